The first kappa shape index (κ1) is 18.9. The van der Waals surface area contributed by atoms with Crippen molar-refractivity contribution in [2.45, 2.75) is 70.1 Å². The van der Waals surface area contributed by atoms with Gasteiger partial charge in [-0.25, -0.2) is 8.42 Å². The van der Waals surface area contributed by atoms with Crippen molar-refractivity contribution >= 4 is 9.84 Å². The number of nitrogens with one attached hydrogen (secondary N) is 1. The Labute approximate surface area is 130 Å². The van der Waals surface area contributed by atoms with Gasteiger partial charge in [0.2, 0.25) is 0 Å². The van der Waals surface area contributed by atoms with Crippen molar-refractivity contribution in [3.8, 4) is 0 Å². The lowest BCUT2D eigenvalue weighted by atomic mass is 9.83. The molecular weight excluding hydrogens is 286 g/mol. The van der Waals surface area contributed by atoms with Crippen LogP contribution in [0, 0.1) is 5.92 Å². The van der Waals surface area contributed by atoms with Crippen molar-refractivity contribution in [1.82, 2.24) is 5.32 Å². The molecule has 0 spiro atoms. The fraction of sp³-hybridized carbons (Fsp3) is 1.00. The monoisotopic (exact) mass is 319 g/mol. The van der Waals surface area contributed by atoms with Crippen LogP contribution in [-0.4, -0.2) is 45.7 Å². The molecule has 1 rings (SSSR count). The minimum atomic E-state index is -3.03. The molecule has 1 aliphatic carbocycles. The molecule has 1 N–H and O–H groups in total. The molecular formula is C16H33NO3S. The van der Waals surface area contributed by atoms with Crippen LogP contribution in [-0.2, 0) is 14.6 Å². The average molecular weight is 320 g/mol. The average Bonchev–Trinajstić information content (AvgIpc) is 2.46. The summed E-state index contributed by atoms with van der Waals surface area (Å²) >= 11 is 0. The molecule has 0 aromatic carbocycles. The summed E-state index contributed by atoms with van der Waals surface area (Å²) in [4.78, 5) is 0. The summed E-state index contributed by atoms with van der Waals surface area (Å²) in [6.45, 7) is 5.74. The molecule has 1 aliphatic rings. The maximum atomic E-state index is 12.7. The van der Waals surface area contributed by atoms with E-state index in [9.17, 15) is 8.42 Å². The van der Waals surface area contributed by atoms with Crippen LogP contribution in [0.2, 0.25) is 0 Å². The molecule has 0 saturated heterocycles. The summed E-state index contributed by atoms with van der Waals surface area (Å²) < 4.78 is 30.4. The van der Waals surface area contributed by atoms with Gasteiger partial charge in [-0.3, -0.25) is 0 Å². The molecule has 5 heteroatoms. The number of hydrogen-bond acceptors (Lipinski definition) is 4. The highest BCUT2D eigenvalue weighted by Gasteiger charge is 2.37. The van der Waals surface area contributed by atoms with Gasteiger partial charge in [-0.05, 0) is 44.6 Å². The predicted octanol–water partition coefficient (Wildman–Crippen LogP) is 2.77. The largest absolute Gasteiger partial charge is 0.385 e. The number of rotatable bonds is 10. The van der Waals surface area contributed by atoms with Gasteiger partial charge in [-0.1, -0.05) is 26.7 Å². The van der Waals surface area contributed by atoms with E-state index in [0.29, 0.717) is 18.9 Å². The second-order valence-corrected chi connectivity index (χ2v) is 8.62. The van der Waals surface area contributed by atoms with Gasteiger partial charge in [0, 0.05) is 19.8 Å². The molecule has 3 unspecified atom stereocenters. The standard InChI is InChI=1S/C16H33NO3S/c1-4-7-14-8-9-15(17-10-5-2)16(13-14)21(18,19)12-6-11-20-3/h14-17H,4-13H2,1-3H3. The van der Waals surface area contributed by atoms with Crippen molar-refractivity contribution in [1.29, 1.82) is 0 Å². The van der Waals surface area contributed by atoms with Crippen molar-refractivity contribution in [2.75, 3.05) is 26.0 Å². The van der Waals surface area contributed by atoms with Crippen LogP contribution in [0.4, 0.5) is 0 Å². The van der Waals surface area contributed by atoms with Gasteiger partial charge in [0.05, 0.1) is 11.0 Å². The summed E-state index contributed by atoms with van der Waals surface area (Å²) in [5.41, 5.74) is 0. The molecule has 0 aliphatic heterocycles. The fourth-order valence-electron chi connectivity index (χ4n) is 3.40. The van der Waals surface area contributed by atoms with E-state index in [0.717, 1.165) is 38.6 Å². The minimum absolute atomic E-state index is 0.144. The molecule has 4 nitrogen and oxygen atoms in total. The molecule has 0 radical (unpaired) electrons. The predicted molar refractivity (Wildman–Crippen MR) is 88.4 cm³/mol. The second-order valence-electron chi connectivity index (χ2n) is 6.28. The first-order valence-electron chi connectivity index (χ1n) is 8.49. The lowest BCUT2D eigenvalue weighted by Gasteiger charge is -2.36. The van der Waals surface area contributed by atoms with Crippen molar-refractivity contribution < 1.29 is 13.2 Å². The van der Waals surface area contributed by atoms with Gasteiger partial charge in [0.25, 0.3) is 0 Å². The second kappa shape index (κ2) is 9.80. The third-order valence-electron chi connectivity index (χ3n) is 4.49. The van der Waals surface area contributed by atoms with Crippen molar-refractivity contribution in [3.63, 3.8) is 0 Å². The Morgan fingerprint density at radius 2 is 1.95 bits per heavy atom. The zero-order valence-corrected chi connectivity index (χ0v) is 14.8. The summed E-state index contributed by atoms with van der Waals surface area (Å²) in [5, 5.41) is 3.27. The van der Waals surface area contributed by atoms with E-state index in [1.165, 1.54) is 6.42 Å². The van der Waals surface area contributed by atoms with Crippen LogP contribution in [0.1, 0.15) is 58.8 Å². The van der Waals surface area contributed by atoms with Crippen LogP contribution >= 0.6 is 0 Å². The van der Waals surface area contributed by atoms with Crippen LogP contribution < -0.4 is 5.32 Å². The van der Waals surface area contributed by atoms with E-state index in [1.54, 1.807) is 7.11 Å². The molecule has 0 amide bonds. The minimum Gasteiger partial charge on any atom is -0.385 e. The molecule has 1 fully saturated rings. The van der Waals surface area contributed by atoms with Gasteiger partial charge in [-0.2, -0.15) is 0 Å². The molecule has 0 heterocycles. The van der Waals surface area contributed by atoms with Crippen LogP contribution in [0.5, 0.6) is 0 Å². The van der Waals surface area contributed by atoms with Crippen LogP contribution in [0.25, 0.3) is 0 Å². The Morgan fingerprint density at radius 1 is 1.19 bits per heavy atom. The number of ether oxygens (including phenoxy) is 1. The fourth-order valence-corrected chi connectivity index (χ4v) is 5.52. The van der Waals surface area contributed by atoms with Gasteiger partial charge in [0.1, 0.15) is 0 Å². The third-order valence-corrected chi connectivity index (χ3v) is 6.79. The highest BCUT2D eigenvalue weighted by molar-refractivity contribution is 7.92. The Balaban J connectivity index is 2.71. The van der Waals surface area contributed by atoms with E-state index >= 15 is 0 Å². The first-order valence-corrected chi connectivity index (χ1v) is 10.2. The molecule has 0 aromatic heterocycles. The van der Waals surface area contributed by atoms with Crippen LogP contribution in [0.15, 0.2) is 0 Å². The number of methoxy groups -OCH3 is 1. The Hall–Kier alpha value is -0.130. The van der Waals surface area contributed by atoms with E-state index in [-0.39, 0.29) is 17.0 Å². The number of hydrogen-bond donors (Lipinski definition) is 1. The highest BCUT2D eigenvalue weighted by Crippen LogP contribution is 2.32. The van der Waals surface area contributed by atoms with Gasteiger partial charge in [0.15, 0.2) is 9.84 Å². The van der Waals surface area contributed by atoms with E-state index in [1.807, 2.05) is 0 Å². The maximum absolute atomic E-state index is 12.7. The van der Waals surface area contributed by atoms with Gasteiger partial charge in [-0.15, -0.1) is 0 Å². The Kier molecular flexibility index (Phi) is 8.83. The highest BCUT2D eigenvalue weighted by atomic mass is 32.2. The SMILES string of the molecule is CCCNC1CCC(CCC)CC1S(=O)(=O)CCCOC. The van der Waals surface area contributed by atoms with Crippen molar-refractivity contribution in [3.05, 3.63) is 0 Å². The summed E-state index contributed by atoms with van der Waals surface area (Å²) in [6, 6.07) is 0.144. The summed E-state index contributed by atoms with van der Waals surface area (Å²) in [5.74, 6) is 0.839. The molecule has 0 bridgehead atoms. The van der Waals surface area contributed by atoms with Gasteiger partial charge < -0.3 is 10.1 Å². The quantitative estimate of drug-likeness (QED) is 0.629. The lowest BCUT2D eigenvalue weighted by Crippen LogP contribution is -2.49. The normalized spacial score (nSPS) is 26.9. The van der Waals surface area contributed by atoms with E-state index in [4.69, 9.17) is 4.74 Å². The molecule has 1 saturated carbocycles. The first-order chi connectivity index (χ1) is 10.0. The molecule has 21 heavy (non-hydrogen) atoms. The van der Waals surface area contributed by atoms with E-state index in [2.05, 4.69) is 19.2 Å². The zero-order chi connectivity index (χ0) is 15.7. The summed E-state index contributed by atoms with van der Waals surface area (Å²) in [7, 11) is -1.41. The molecule has 3 atom stereocenters. The third kappa shape index (κ3) is 6.25. The topological polar surface area (TPSA) is 55.4 Å². The lowest BCUT2D eigenvalue weighted by molar-refractivity contribution is 0.199. The Morgan fingerprint density at radius 3 is 2.57 bits per heavy atom. The van der Waals surface area contributed by atoms with E-state index < -0.39 is 9.84 Å². The smallest absolute Gasteiger partial charge is 0.154 e. The number of sulfone groups is 1. The van der Waals surface area contributed by atoms with Crippen molar-refractivity contribution in [2.24, 2.45) is 5.92 Å². The molecule has 0 aromatic rings. The Bertz CT molecular complexity index is 370. The van der Waals surface area contributed by atoms with Crippen LogP contribution in [0.3, 0.4) is 0 Å². The maximum Gasteiger partial charge on any atom is 0.154 e. The molecule has 126 valence electrons. The zero-order valence-electron chi connectivity index (χ0n) is 13.9. The van der Waals surface area contributed by atoms with Gasteiger partial charge >= 0.3 is 0 Å². The summed E-state index contributed by atoms with van der Waals surface area (Å²) in [6.07, 6.45) is 6.96.